The van der Waals surface area contributed by atoms with Gasteiger partial charge in [-0.1, -0.05) is 51.1 Å². The highest BCUT2D eigenvalue weighted by Crippen LogP contribution is 2.33. The van der Waals surface area contributed by atoms with Crippen LogP contribution in [0.3, 0.4) is 0 Å². The molecule has 1 aromatic carbocycles. The molecule has 1 atom stereocenters. The summed E-state index contributed by atoms with van der Waals surface area (Å²) in [4.78, 5) is 11.2. The summed E-state index contributed by atoms with van der Waals surface area (Å²) in [5.74, 6) is -1.05. The molecule has 1 aromatic rings. The van der Waals surface area contributed by atoms with Crippen LogP contribution in [0, 0.1) is 5.92 Å². The summed E-state index contributed by atoms with van der Waals surface area (Å²) in [7, 11) is 0. The number of carboxylic acids is 1. The summed E-state index contributed by atoms with van der Waals surface area (Å²) in [6.07, 6.45) is 0.650. The van der Waals surface area contributed by atoms with Crippen molar-refractivity contribution in [3.8, 4) is 0 Å². The molecular weight excluding hydrogens is 188 g/mol. The predicted octanol–water partition coefficient (Wildman–Crippen LogP) is 3.08. The molecule has 2 nitrogen and oxygen atoms in total. The third kappa shape index (κ3) is 2.38. The number of hydrogen-bond donors (Lipinski definition) is 1. The van der Waals surface area contributed by atoms with E-state index < -0.39 is 5.97 Å². The quantitative estimate of drug-likeness (QED) is 0.822. The van der Waals surface area contributed by atoms with E-state index in [0.717, 1.165) is 5.56 Å². The van der Waals surface area contributed by atoms with Crippen molar-refractivity contribution in [3.63, 3.8) is 0 Å². The Kier molecular flexibility index (Phi) is 3.51. The molecule has 0 fully saturated rings. The first-order chi connectivity index (χ1) is 7.00. The molecule has 0 aliphatic carbocycles. The van der Waals surface area contributed by atoms with Crippen LogP contribution in [-0.2, 0) is 10.2 Å². The first-order valence-corrected chi connectivity index (χ1v) is 5.28. The number of rotatable bonds is 4. The van der Waals surface area contributed by atoms with Gasteiger partial charge in [0.25, 0.3) is 0 Å². The van der Waals surface area contributed by atoms with Crippen molar-refractivity contribution in [1.82, 2.24) is 0 Å². The minimum absolute atomic E-state index is 0.318. The Morgan fingerprint density at radius 2 is 1.87 bits per heavy atom. The molecular formula is C13H18O2. The van der Waals surface area contributed by atoms with Gasteiger partial charge in [0.15, 0.2) is 0 Å². The second-order valence-corrected chi connectivity index (χ2v) is 4.39. The molecule has 0 saturated heterocycles. The molecule has 0 saturated carbocycles. The van der Waals surface area contributed by atoms with Crippen molar-refractivity contribution >= 4 is 5.97 Å². The van der Waals surface area contributed by atoms with Gasteiger partial charge in [-0.3, -0.25) is 4.79 Å². The van der Waals surface area contributed by atoms with Gasteiger partial charge in [0, 0.05) is 5.41 Å². The molecule has 0 unspecified atom stereocenters. The summed E-state index contributed by atoms with van der Waals surface area (Å²) in [5.41, 5.74) is 0.765. The van der Waals surface area contributed by atoms with E-state index in [4.69, 9.17) is 0 Å². The highest BCUT2D eigenvalue weighted by Gasteiger charge is 2.34. The lowest BCUT2D eigenvalue weighted by Gasteiger charge is -2.31. The molecule has 0 aromatic heterocycles. The average molecular weight is 206 g/mol. The lowest BCUT2D eigenvalue weighted by atomic mass is 9.72. The molecule has 0 radical (unpaired) electrons. The molecule has 0 spiro atoms. The summed E-state index contributed by atoms with van der Waals surface area (Å²) in [6.45, 7) is 5.90. The molecule has 1 rings (SSSR count). The molecule has 2 heteroatoms. The zero-order valence-corrected chi connectivity index (χ0v) is 9.53. The minimum Gasteiger partial charge on any atom is -0.481 e. The first kappa shape index (κ1) is 11.8. The van der Waals surface area contributed by atoms with E-state index in [1.807, 2.05) is 51.1 Å². The van der Waals surface area contributed by atoms with Gasteiger partial charge in [0.1, 0.15) is 0 Å². The van der Waals surface area contributed by atoms with E-state index in [1.54, 1.807) is 0 Å². The van der Waals surface area contributed by atoms with Gasteiger partial charge in [-0.15, -0.1) is 0 Å². The number of aliphatic carboxylic acids is 1. The summed E-state index contributed by atoms with van der Waals surface area (Å²) < 4.78 is 0. The molecule has 0 bridgehead atoms. The van der Waals surface area contributed by atoms with Crippen LogP contribution in [0.25, 0.3) is 0 Å². The Balaban J connectivity index is 3.05. The highest BCUT2D eigenvalue weighted by atomic mass is 16.4. The highest BCUT2D eigenvalue weighted by molar-refractivity contribution is 5.72. The van der Waals surface area contributed by atoms with Crippen LogP contribution in [0.4, 0.5) is 0 Å². The Morgan fingerprint density at radius 3 is 2.27 bits per heavy atom. The Bertz CT molecular complexity index is 328. The van der Waals surface area contributed by atoms with Crippen LogP contribution in [0.2, 0.25) is 0 Å². The van der Waals surface area contributed by atoms with Crippen molar-refractivity contribution in [3.05, 3.63) is 35.9 Å². The maximum absolute atomic E-state index is 11.2. The van der Waals surface area contributed by atoms with Gasteiger partial charge >= 0.3 is 5.97 Å². The van der Waals surface area contributed by atoms with E-state index in [-0.39, 0.29) is 11.3 Å². The second kappa shape index (κ2) is 4.47. The Hall–Kier alpha value is -1.31. The van der Waals surface area contributed by atoms with Crippen LogP contribution in [0.5, 0.6) is 0 Å². The molecule has 0 aliphatic rings. The topological polar surface area (TPSA) is 37.3 Å². The van der Waals surface area contributed by atoms with Crippen molar-refractivity contribution in [2.45, 2.75) is 32.6 Å². The number of carboxylic acid groups (broad SMARTS) is 1. The molecule has 15 heavy (non-hydrogen) atoms. The van der Waals surface area contributed by atoms with Crippen LogP contribution >= 0.6 is 0 Å². The third-order valence-corrected chi connectivity index (χ3v) is 3.10. The third-order valence-electron chi connectivity index (χ3n) is 3.10. The minimum atomic E-state index is -0.716. The normalized spacial score (nSPS) is 13.5. The fourth-order valence-electron chi connectivity index (χ4n) is 2.06. The van der Waals surface area contributed by atoms with Crippen LogP contribution in [0.15, 0.2) is 30.3 Å². The van der Waals surface area contributed by atoms with Crippen molar-refractivity contribution in [1.29, 1.82) is 0 Å². The fourth-order valence-corrected chi connectivity index (χ4v) is 2.06. The van der Waals surface area contributed by atoms with Gasteiger partial charge in [-0.05, 0) is 12.0 Å². The monoisotopic (exact) mass is 206 g/mol. The van der Waals surface area contributed by atoms with E-state index in [9.17, 15) is 9.90 Å². The molecule has 1 N–H and O–H groups in total. The SMILES string of the molecule is CC[C@@H](C(=O)O)C(C)(C)c1ccccc1. The Labute approximate surface area is 90.9 Å². The predicted molar refractivity (Wildman–Crippen MR) is 60.9 cm³/mol. The van der Waals surface area contributed by atoms with E-state index in [0.29, 0.717) is 6.42 Å². The number of carbonyl (C=O) groups is 1. The van der Waals surface area contributed by atoms with Gasteiger partial charge < -0.3 is 5.11 Å². The van der Waals surface area contributed by atoms with E-state index >= 15 is 0 Å². The fraction of sp³-hybridized carbons (Fsp3) is 0.462. The lowest BCUT2D eigenvalue weighted by molar-refractivity contribution is -0.144. The molecule has 0 heterocycles. The zero-order valence-electron chi connectivity index (χ0n) is 9.53. The smallest absolute Gasteiger partial charge is 0.307 e. The summed E-state index contributed by atoms with van der Waals surface area (Å²) in [6, 6.07) is 9.83. The van der Waals surface area contributed by atoms with Gasteiger partial charge in [-0.2, -0.15) is 0 Å². The standard InChI is InChI=1S/C13H18O2/c1-4-11(12(14)15)13(2,3)10-8-6-5-7-9-10/h5-9,11H,4H2,1-3H3,(H,14,15)/t11-/m0/s1. The van der Waals surface area contributed by atoms with Crippen LogP contribution in [-0.4, -0.2) is 11.1 Å². The summed E-state index contributed by atoms with van der Waals surface area (Å²) >= 11 is 0. The number of hydrogen-bond acceptors (Lipinski definition) is 1. The second-order valence-electron chi connectivity index (χ2n) is 4.39. The van der Waals surface area contributed by atoms with Crippen molar-refractivity contribution in [2.24, 2.45) is 5.92 Å². The van der Waals surface area contributed by atoms with Crippen molar-refractivity contribution in [2.75, 3.05) is 0 Å². The zero-order chi connectivity index (χ0) is 11.5. The Morgan fingerprint density at radius 1 is 1.33 bits per heavy atom. The average Bonchev–Trinajstić information content (AvgIpc) is 2.19. The summed E-state index contributed by atoms with van der Waals surface area (Å²) in [5, 5.41) is 9.17. The van der Waals surface area contributed by atoms with Gasteiger partial charge in [0.05, 0.1) is 5.92 Å². The van der Waals surface area contributed by atoms with Crippen LogP contribution < -0.4 is 0 Å². The van der Waals surface area contributed by atoms with E-state index in [2.05, 4.69) is 0 Å². The number of benzene rings is 1. The lowest BCUT2D eigenvalue weighted by Crippen LogP contribution is -2.34. The van der Waals surface area contributed by atoms with Gasteiger partial charge in [-0.25, -0.2) is 0 Å². The van der Waals surface area contributed by atoms with E-state index in [1.165, 1.54) is 0 Å². The first-order valence-electron chi connectivity index (χ1n) is 5.28. The van der Waals surface area contributed by atoms with Gasteiger partial charge in [0.2, 0.25) is 0 Å². The van der Waals surface area contributed by atoms with Crippen molar-refractivity contribution < 1.29 is 9.90 Å². The largest absolute Gasteiger partial charge is 0.481 e. The maximum atomic E-state index is 11.2. The molecule has 0 aliphatic heterocycles. The maximum Gasteiger partial charge on any atom is 0.307 e. The molecule has 0 amide bonds. The van der Waals surface area contributed by atoms with Crippen LogP contribution in [0.1, 0.15) is 32.8 Å². The molecule has 82 valence electrons.